The quantitative estimate of drug-likeness (QED) is 0.764. The van der Waals surface area contributed by atoms with Gasteiger partial charge in [0.25, 0.3) is 0 Å². The fourth-order valence-electron chi connectivity index (χ4n) is 2.23. The average Bonchev–Trinajstić information content (AvgIpc) is 2.34. The van der Waals surface area contributed by atoms with Gasteiger partial charge < -0.3 is 4.79 Å². The van der Waals surface area contributed by atoms with E-state index in [2.05, 4.69) is 0 Å². The summed E-state index contributed by atoms with van der Waals surface area (Å²) >= 11 is 8.10. The second-order valence-corrected chi connectivity index (χ2v) is 5.72. The van der Waals surface area contributed by atoms with E-state index >= 15 is 0 Å². The fourth-order valence-corrected chi connectivity index (χ4v) is 3.71. The van der Waals surface area contributed by atoms with Crippen LogP contribution >= 0.6 is 23.4 Å². The molecule has 1 aromatic rings. The van der Waals surface area contributed by atoms with Gasteiger partial charge in [0.05, 0.1) is 0 Å². The van der Waals surface area contributed by atoms with Gasteiger partial charge in [-0.15, -0.1) is 0 Å². The second kappa shape index (κ2) is 5.74. The van der Waals surface area contributed by atoms with Crippen molar-refractivity contribution in [2.45, 2.75) is 18.8 Å². The maximum Gasteiger partial charge on any atom is 0.127 e. The Morgan fingerprint density at radius 2 is 2.25 bits per heavy atom. The molecule has 1 saturated heterocycles. The van der Waals surface area contributed by atoms with Gasteiger partial charge in [0.15, 0.2) is 0 Å². The molecule has 0 amide bonds. The van der Waals surface area contributed by atoms with Crippen LogP contribution in [0.4, 0.5) is 0 Å². The van der Waals surface area contributed by atoms with E-state index in [1.54, 1.807) is 0 Å². The number of thioether (sulfide) groups is 1. The highest BCUT2D eigenvalue weighted by Gasteiger charge is 2.26. The second-order valence-electron chi connectivity index (χ2n) is 4.16. The standard InChI is InChI=1S/C13H15ClOS/c14-13-6-2-1-5-11(13)12(8-15)10-4-3-7-16-9-10/h1-2,5-6,8,10,12H,3-4,7,9H2. The number of benzene rings is 1. The van der Waals surface area contributed by atoms with Gasteiger partial charge in [-0.05, 0) is 41.9 Å². The number of rotatable bonds is 3. The van der Waals surface area contributed by atoms with Gasteiger partial charge in [0.2, 0.25) is 0 Å². The van der Waals surface area contributed by atoms with Crippen molar-refractivity contribution in [3.8, 4) is 0 Å². The van der Waals surface area contributed by atoms with Crippen molar-refractivity contribution in [1.82, 2.24) is 0 Å². The first kappa shape index (κ1) is 12.0. The van der Waals surface area contributed by atoms with Crippen molar-refractivity contribution in [3.63, 3.8) is 0 Å². The molecule has 1 nitrogen and oxygen atoms in total. The molecule has 2 unspecified atom stereocenters. The van der Waals surface area contributed by atoms with Gasteiger partial charge in [0.1, 0.15) is 6.29 Å². The lowest BCUT2D eigenvalue weighted by Gasteiger charge is -2.27. The van der Waals surface area contributed by atoms with Crippen molar-refractivity contribution >= 4 is 29.6 Å². The lowest BCUT2D eigenvalue weighted by molar-refractivity contribution is -0.110. The zero-order chi connectivity index (χ0) is 11.4. The minimum Gasteiger partial charge on any atom is -0.303 e. The summed E-state index contributed by atoms with van der Waals surface area (Å²) in [5.41, 5.74) is 0.992. The lowest BCUT2D eigenvalue weighted by Crippen LogP contribution is -2.20. The highest BCUT2D eigenvalue weighted by atomic mass is 35.5. The summed E-state index contributed by atoms with van der Waals surface area (Å²) in [7, 11) is 0. The molecule has 1 heterocycles. The zero-order valence-corrected chi connectivity index (χ0v) is 10.6. The Kier molecular flexibility index (Phi) is 4.30. The predicted molar refractivity (Wildman–Crippen MR) is 70.3 cm³/mol. The van der Waals surface area contributed by atoms with Crippen molar-refractivity contribution in [2.75, 3.05) is 11.5 Å². The van der Waals surface area contributed by atoms with Gasteiger partial charge in [-0.2, -0.15) is 11.8 Å². The molecule has 0 saturated carbocycles. The number of hydrogen-bond donors (Lipinski definition) is 0. The van der Waals surface area contributed by atoms with E-state index in [0.717, 1.165) is 29.0 Å². The molecule has 1 aliphatic heterocycles. The SMILES string of the molecule is O=CC(c1ccccc1Cl)C1CCCSC1. The normalized spacial score (nSPS) is 22.7. The van der Waals surface area contributed by atoms with Crippen LogP contribution in [0.1, 0.15) is 24.3 Å². The Hall–Kier alpha value is -0.470. The van der Waals surface area contributed by atoms with E-state index in [0.29, 0.717) is 5.92 Å². The molecule has 0 spiro atoms. The maximum absolute atomic E-state index is 11.3. The Morgan fingerprint density at radius 1 is 1.44 bits per heavy atom. The number of halogens is 1. The van der Waals surface area contributed by atoms with E-state index in [1.165, 1.54) is 12.2 Å². The van der Waals surface area contributed by atoms with Gasteiger partial charge in [0, 0.05) is 10.9 Å². The lowest BCUT2D eigenvalue weighted by atomic mass is 9.85. The molecule has 0 N–H and O–H groups in total. The number of aldehydes is 1. The van der Waals surface area contributed by atoms with Gasteiger partial charge >= 0.3 is 0 Å². The Morgan fingerprint density at radius 3 is 2.88 bits per heavy atom. The molecular weight excluding hydrogens is 240 g/mol. The third-order valence-corrected chi connectivity index (χ3v) is 4.70. The van der Waals surface area contributed by atoms with Gasteiger partial charge in [-0.1, -0.05) is 29.8 Å². The Balaban J connectivity index is 2.21. The van der Waals surface area contributed by atoms with Crippen LogP contribution in [0.25, 0.3) is 0 Å². The first-order valence-corrected chi connectivity index (χ1v) is 7.13. The van der Waals surface area contributed by atoms with Crippen LogP contribution in [0.2, 0.25) is 5.02 Å². The van der Waals surface area contributed by atoms with Crippen LogP contribution in [0, 0.1) is 5.92 Å². The summed E-state index contributed by atoms with van der Waals surface area (Å²) in [5, 5.41) is 0.718. The molecule has 1 aromatic carbocycles. The minimum absolute atomic E-state index is 0.0264. The van der Waals surface area contributed by atoms with Crippen molar-refractivity contribution in [3.05, 3.63) is 34.9 Å². The van der Waals surface area contributed by atoms with E-state index < -0.39 is 0 Å². The molecule has 3 heteroatoms. The fraction of sp³-hybridized carbons (Fsp3) is 0.462. The highest BCUT2D eigenvalue weighted by Crippen LogP contribution is 2.36. The van der Waals surface area contributed by atoms with Crippen LogP contribution in [0.5, 0.6) is 0 Å². The molecular formula is C13H15ClOS. The van der Waals surface area contributed by atoms with Crippen molar-refractivity contribution in [1.29, 1.82) is 0 Å². The van der Waals surface area contributed by atoms with Gasteiger partial charge in [-0.3, -0.25) is 0 Å². The van der Waals surface area contributed by atoms with Crippen LogP contribution < -0.4 is 0 Å². The average molecular weight is 255 g/mol. The minimum atomic E-state index is -0.0264. The van der Waals surface area contributed by atoms with Crippen LogP contribution in [-0.2, 0) is 4.79 Å². The highest BCUT2D eigenvalue weighted by molar-refractivity contribution is 7.99. The predicted octanol–water partition coefficient (Wildman–Crippen LogP) is 3.77. The molecule has 2 rings (SSSR count). The first-order chi connectivity index (χ1) is 7.83. The molecule has 1 aliphatic rings. The smallest absolute Gasteiger partial charge is 0.127 e. The maximum atomic E-state index is 11.3. The van der Waals surface area contributed by atoms with E-state index in [-0.39, 0.29) is 5.92 Å². The summed E-state index contributed by atoms with van der Waals surface area (Å²) in [6, 6.07) is 7.70. The molecule has 2 atom stereocenters. The van der Waals surface area contributed by atoms with Crippen LogP contribution in [0.3, 0.4) is 0 Å². The monoisotopic (exact) mass is 254 g/mol. The molecule has 0 radical (unpaired) electrons. The Labute approximate surface area is 106 Å². The third kappa shape index (κ3) is 2.61. The summed E-state index contributed by atoms with van der Waals surface area (Å²) in [4.78, 5) is 11.3. The summed E-state index contributed by atoms with van der Waals surface area (Å²) in [6.07, 6.45) is 3.42. The molecule has 0 bridgehead atoms. The van der Waals surface area contributed by atoms with E-state index in [1.807, 2.05) is 36.0 Å². The Bertz CT molecular complexity index is 361. The molecule has 86 valence electrons. The number of hydrogen-bond acceptors (Lipinski definition) is 2. The van der Waals surface area contributed by atoms with E-state index in [9.17, 15) is 4.79 Å². The molecule has 1 fully saturated rings. The summed E-state index contributed by atoms with van der Waals surface area (Å²) in [6.45, 7) is 0. The first-order valence-electron chi connectivity index (χ1n) is 5.60. The zero-order valence-electron chi connectivity index (χ0n) is 9.06. The van der Waals surface area contributed by atoms with Crippen LogP contribution in [-0.4, -0.2) is 17.8 Å². The van der Waals surface area contributed by atoms with E-state index in [4.69, 9.17) is 11.6 Å². The number of carbonyl (C=O) groups excluding carboxylic acids is 1. The van der Waals surface area contributed by atoms with Crippen molar-refractivity contribution < 1.29 is 4.79 Å². The topological polar surface area (TPSA) is 17.1 Å². The van der Waals surface area contributed by atoms with Crippen molar-refractivity contribution in [2.24, 2.45) is 5.92 Å². The largest absolute Gasteiger partial charge is 0.303 e. The molecule has 0 aromatic heterocycles. The van der Waals surface area contributed by atoms with Crippen LogP contribution in [0.15, 0.2) is 24.3 Å². The summed E-state index contributed by atoms with van der Waals surface area (Å²) < 4.78 is 0. The van der Waals surface area contributed by atoms with Gasteiger partial charge in [-0.25, -0.2) is 0 Å². The number of carbonyl (C=O) groups is 1. The summed E-state index contributed by atoms with van der Waals surface area (Å²) in [5.74, 6) is 2.73. The molecule has 0 aliphatic carbocycles. The molecule has 16 heavy (non-hydrogen) atoms. The third-order valence-electron chi connectivity index (χ3n) is 3.11.